The van der Waals surface area contributed by atoms with E-state index < -0.39 is 5.97 Å². The van der Waals surface area contributed by atoms with Crippen molar-refractivity contribution in [1.29, 1.82) is 0 Å². The number of furan rings is 1. The molecule has 5 heteroatoms. The molecule has 21 heavy (non-hydrogen) atoms. The van der Waals surface area contributed by atoms with Crippen molar-refractivity contribution < 1.29 is 18.7 Å². The quantitative estimate of drug-likeness (QED) is 0.374. The third-order valence-corrected chi connectivity index (χ3v) is 3.04. The SMILES string of the molecule is COC(=O)/C(=C\c1ccc(-c2cccc(Cl)c2)o1)C(C)=O. The first-order valence-electron chi connectivity index (χ1n) is 6.18. The third kappa shape index (κ3) is 3.61. The molecule has 0 amide bonds. The molecule has 4 nitrogen and oxygen atoms in total. The highest BCUT2D eigenvalue weighted by Gasteiger charge is 2.16. The van der Waals surface area contributed by atoms with Gasteiger partial charge < -0.3 is 9.15 Å². The number of carbonyl (C=O) groups is 2. The Labute approximate surface area is 127 Å². The summed E-state index contributed by atoms with van der Waals surface area (Å²) < 4.78 is 10.2. The van der Waals surface area contributed by atoms with Gasteiger partial charge >= 0.3 is 5.97 Å². The van der Waals surface area contributed by atoms with E-state index in [1.165, 1.54) is 20.1 Å². The third-order valence-electron chi connectivity index (χ3n) is 2.81. The summed E-state index contributed by atoms with van der Waals surface area (Å²) in [6.07, 6.45) is 1.36. The van der Waals surface area contributed by atoms with Crippen LogP contribution in [-0.2, 0) is 14.3 Å². The Morgan fingerprint density at radius 2 is 2.00 bits per heavy atom. The molecule has 0 saturated heterocycles. The monoisotopic (exact) mass is 304 g/mol. The van der Waals surface area contributed by atoms with Crippen LogP contribution in [0.5, 0.6) is 0 Å². The minimum Gasteiger partial charge on any atom is -0.465 e. The normalized spacial score (nSPS) is 11.3. The number of ketones is 1. The van der Waals surface area contributed by atoms with Gasteiger partial charge in [-0.1, -0.05) is 23.7 Å². The maximum atomic E-state index is 11.5. The fourth-order valence-electron chi connectivity index (χ4n) is 1.78. The van der Waals surface area contributed by atoms with Gasteiger partial charge in [-0.2, -0.15) is 0 Å². The maximum absolute atomic E-state index is 11.5. The predicted molar refractivity (Wildman–Crippen MR) is 79.8 cm³/mol. The molecule has 1 heterocycles. The summed E-state index contributed by atoms with van der Waals surface area (Å²) >= 11 is 5.93. The van der Waals surface area contributed by atoms with Gasteiger partial charge in [0.15, 0.2) is 5.78 Å². The van der Waals surface area contributed by atoms with Gasteiger partial charge in [0.25, 0.3) is 0 Å². The number of benzene rings is 1. The highest BCUT2D eigenvalue weighted by Crippen LogP contribution is 2.25. The van der Waals surface area contributed by atoms with Gasteiger partial charge in [-0.3, -0.25) is 4.79 Å². The van der Waals surface area contributed by atoms with E-state index in [-0.39, 0.29) is 11.4 Å². The molecule has 0 aliphatic rings. The van der Waals surface area contributed by atoms with Crippen LogP contribution in [0.25, 0.3) is 17.4 Å². The fraction of sp³-hybridized carbons (Fsp3) is 0.125. The summed E-state index contributed by atoms with van der Waals surface area (Å²) in [4.78, 5) is 23.0. The molecule has 0 fully saturated rings. The zero-order chi connectivity index (χ0) is 15.4. The lowest BCUT2D eigenvalue weighted by atomic mass is 10.1. The van der Waals surface area contributed by atoms with E-state index in [0.29, 0.717) is 16.5 Å². The molecule has 2 aromatic rings. The van der Waals surface area contributed by atoms with Crippen LogP contribution in [0, 0.1) is 0 Å². The maximum Gasteiger partial charge on any atom is 0.341 e. The van der Waals surface area contributed by atoms with Crippen molar-refractivity contribution in [3.63, 3.8) is 0 Å². The molecule has 0 radical (unpaired) electrons. The number of Topliss-reactive ketones (excluding diaryl/α,β-unsaturated/α-hetero) is 1. The molecular formula is C16H13ClO4. The number of ether oxygens (including phenoxy) is 1. The average molecular weight is 305 g/mol. The fourth-order valence-corrected chi connectivity index (χ4v) is 1.97. The average Bonchev–Trinajstić information content (AvgIpc) is 2.92. The summed E-state index contributed by atoms with van der Waals surface area (Å²) in [5.74, 6) is -0.0946. The predicted octanol–water partition coefficient (Wildman–Crippen LogP) is 3.75. The van der Waals surface area contributed by atoms with Crippen LogP contribution in [0.1, 0.15) is 12.7 Å². The molecule has 0 saturated carbocycles. The Kier molecular flexibility index (Phi) is 4.60. The van der Waals surface area contributed by atoms with Crippen molar-refractivity contribution in [3.05, 3.63) is 52.8 Å². The molecular weight excluding hydrogens is 292 g/mol. The first kappa shape index (κ1) is 15.1. The van der Waals surface area contributed by atoms with Gasteiger partial charge in [-0.25, -0.2) is 4.79 Å². The summed E-state index contributed by atoms with van der Waals surface area (Å²) in [5, 5.41) is 0.597. The second kappa shape index (κ2) is 6.41. The molecule has 1 aromatic carbocycles. The van der Waals surface area contributed by atoms with E-state index in [0.717, 1.165) is 5.56 Å². The Balaban J connectivity index is 2.35. The van der Waals surface area contributed by atoms with Gasteiger partial charge in [0.2, 0.25) is 0 Å². The molecule has 0 spiro atoms. The summed E-state index contributed by atoms with van der Waals surface area (Å²) in [7, 11) is 1.22. The van der Waals surface area contributed by atoms with Gasteiger partial charge in [0.05, 0.1) is 7.11 Å². The highest BCUT2D eigenvalue weighted by molar-refractivity contribution is 6.30. The van der Waals surface area contributed by atoms with Crippen LogP contribution in [-0.4, -0.2) is 18.9 Å². The van der Waals surface area contributed by atoms with Crippen molar-refractivity contribution in [1.82, 2.24) is 0 Å². The van der Waals surface area contributed by atoms with Crippen LogP contribution in [0.15, 0.2) is 46.4 Å². The summed E-state index contributed by atoms with van der Waals surface area (Å²) in [6.45, 7) is 1.30. The zero-order valence-corrected chi connectivity index (χ0v) is 12.3. The van der Waals surface area contributed by atoms with Gasteiger partial charge in [-0.05, 0) is 37.3 Å². The minimum atomic E-state index is -0.691. The Morgan fingerprint density at radius 3 is 2.62 bits per heavy atom. The molecule has 0 aliphatic carbocycles. The van der Waals surface area contributed by atoms with Crippen LogP contribution in [0.3, 0.4) is 0 Å². The smallest absolute Gasteiger partial charge is 0.341 e. The molecule has 0 aliphatic heterocycles. The van der Waals surface area contributed by atoms with Crippen molar-refractivity contribution in [2.75, 3.05) is 7.11 Å². The van der Waals surface area contributed by atoms with E-state index >= 15 is 0 Å². The summed E-state index contributed by atoms with van der Waals surface area (Å²) in [5.41, 5.74) is 0.745. The van der Waals surface area contributed by atoms with E-state index in [1.54, 1.807) is 24.3 Å². The number of methoxy groups -OCH3 is 1. The van der Waals surface area contributed by atoms with Gasteiger partial charge in [-0.15, -0.1) is 0 Å². The number of rotatable bonds is 4. The first-order chi connectivity index (χ1) is 10.0. The van der Waals surface area contributed by atoms with Crippen LogP contribution >= 0.6 is 11.6 Å². The lowest BCUT2D eigenvalue weighted by Gasteiger charge is -2.00. The lowest BCUT2D eigenvalue weighted by Crippen LogP contribution is -2.11. The number of hydrogen-bond donors (Lipinski definition) is 0. The Hall–Kier alpha value is -2.33. The van der Waals surface area contributed by atoms with Crippen LogP contribution < -0.4 is 0 Å². The number of esters is 1. The first-order valence-corrected chi connectivity index (χ1v) is 6.56. The minimum absolute atomic E-state index is 0.0653. The molecule has 2 rings (SSSR count). The Morgan fingerprint density at radius 1 is 1.24 bits per heavy atom. The van der Waals surface area contributed by atoms with Crippen molar-refractivity contribution in [2.24, 2.45) is 0 Å². The highest BCUT2D eigenvalue weighted by atomic mass is 35.5. The van der Waals surface area contributed by atoms with Crippen LogP contribution in [0.4, 0.5) is 0 Å². The van der Waals surface area contributed by atoms with E-state index in [1.807, 2.05) is 12.1 Å². The Bertz CT molecular complexity index is 713. The number of halogens is 1. The van der Waals surface area contributed by atoms with Crippen molar-refractivity contribution in [2.45, 2.75) is 6.92 Å². The zero-order valence-electron chi connectivity index (χ0n) is 11.6. The van der Waals surface area contributed by atoms with Gasteiger partial charge in [0.1, 0.15) is 17.1 Å². The molecule has 0 bridgehead atoms. The second-order valence-corrected chi connectivity index (χ2v) is 4.75. The number of hydrogen-bond acceptors (Lipinski definition) is 4. The second-order valence-electron chi connectivity index (χ2n) is 4.32. The van der Waals surface area contributed by atoms with Crippen molar-refractivity contribution in [3.8, 4) is 11.3 Å². The lowest BCUT2D eigenvalue weighted by molar-refractivity contribution is -0.137. The molecule has 1 aromatic heterocycles. The van der Waals surface area contributed by atoms with Crippen molar-refractivity contribution >= 4 is 29.4 Å². The molecule has 0 atom stereocenters. The van der Waals surface area contributed by atoms with E-state index in [4.69, 9.17) is 16.0 Å². The van der Waals surface area contributed by atoms with E-state index in [9.17, 15) is 9.59 Å². The number of carbonyl (C=O) groups excluding carboxylic acids is 2. The van der Waals surface area contributed by atoms with E-state index in [2.05, 4.69) is 4.74 Å². The van der Waals surface area contributed by atoms with Crippen LogP contribution in [0.2, 0.25) is 5.02 Å². The largest absolute Gasteiger partial charge is 0.465 e. The molecule has 0 unspecified atom stereocenters. The molecule has 108 valence electrons. The van der Waals surface area contributed by atoms with Gasteiger partial charge in [0, 0.05) is 10.6 Å². The summed E-state index contributed by atoms with van der Waals surface area (Å²) in [6, 6.07) is 10.6. The standard InChI is InChI=1S/C16H13ClO4/c1-10(18)14(16(19)20-2)9-13-6-7-15(21-13)11-4-3-5-12(17)8-11/h3-9H,1-2H3/b14-9-. The molecule has 0 N–H and O–H groups in total. The topological polar surface area (TPSA) is 56.5 Å².